The van der Waals surface area contributed by atoms with Crippen LogP contribution in [0, 0.1) is 18.3 Å². The average molecular weight is 337 g/mol. The number of hydrogen-bond acceptors (Lipinski definition) is 4. The fourth-order valence-corrected chi connectivity index (χ4v) is 2.76. The van der Waals surface area contributed by atoms with Crippen LogP contribution in [0.2, 0.25) is 0 Å². The van der Waals surface area contributed by atoms with E-state index in [2.05, 4.69) is 22.3 Å². The minimum atomic E-state index is 0.219. The molecule has 26 heavy (non-hydrogen) atoms. The first-order valence-electron chi connectivity index (χ1n) is 8.25. The van der Waals surface area contributed by atoms with Gasteiger partial charge >= 0.3 is 0 Å². The van der Waals surface area contributed by atoms with E-state index in [1.807, 2.05) is 67.6 Å². The van der Waals surface area contributed by atoms with Gasteiger partial charge in [0.1, 0.15) is 11.6 Å². The van der Waals surface area contributed by atoms with E-state index in [4.69, 9.17) is 4.52 Å². The number of fused-ring (bicyclic) bond motifs is 1. The fraction of sp³-hybridized carbons (Fsp3) is 0.0455. The smallest absolute Gasteiger partial charge is 0.268 e. The Labute approximate surface area is 151 Å². The molecule has 1 aromatic heterocycles. The molecule has 0 saturated carbocycles. The molecule has 0 spiro atoms. The molecule has 0 unspecified atom stereocenters. The Morgan fingerprint density at radius 1 is 1.00 bits per heavy atom. The molecule has 4 rings (SSSR count). The van der Waals surface area contributed by atoms with E-state index < -0.39 is 0 Å². The number of nitriles is 1. The second-order valence-corrected chi connectivity index (χ2v) is 6.07. The van der Waals surface area contributed by atoms with E-state index >= 15 is 0 Å². The summed E-state index contributed by atoms with van der Waals surface area (Å²) in [6.45, 7) is 2.02. The van der Waals surface area contributed by atoms with E-state index in [1.165, 1.54) is 0 Å². The van der Waals surface area contributed by atoms with Crippen molar-refractivity contribution >= 4 is 22.4 Å². The van der Waals surface area contributed by atoms with E-state index in [-0.39, 0.29) is 5.89 Å². The van der Waals surface area contributed by atoms with Crippen LogP contribution in [-0.4, -0.2) is 10.1 Å². The fourth-order valence-electron chi connectivity index (χ4n) is 2.76. The third-order valence-electron chi connectivity index (χ3n) is 4.17. The Bertz CT molecular complexity index is 1150. The summed E-state index contributed by atoms with van der Waals surface area (Å²) in [6.07, 6.45) is 1.76. The van der Waals surface area contributed by atoms with Crippen LogP contribution in [0.25, 0.3) is 33.8 Å². The lowest BCUT2D eigenvalue weighted by Gasteiger charge is -1.99. The third-order valence-corrected chi connectivity index (χ3v) is 4.17. The van der Waals surface area contributed by atoms with Crippen LogP contribution in [-0.2, 0) is 0 Å². The molecule has 4 nitrogen and oxygen atoms in total. The van der Waals surface area contributed by atoms with Gasteiger partial charge in [-0.05, 0) is 35.4 Å². The lowest BCUT2D eigenvalue weighted by molar-refractivity contribution is 0.409. The van der Waals surface area contributed by atoms with Gasteiger partial charge in [0.05, 0.1) is 0 Å². The Hall–Kier alpha value is -3.71. The zero-order chi connectivity index (χ0) is 17.9. The first-order chi connectivity index (χ1) is 12.7. The van der Waals surface area contributed by atoms with Crippen LogP contribution in [0.15, 0.2) is 71.3 Å². The molecule has 1 heterocycles. The highest BCUT2D eigenvalue weighted by molar-refractivity contribution is 5.90. The number of benzene rings is 3. The minimum absolute atomic E-state index is 0.219. The SMILES string of the molecule is Cc1ccc(-c2noc(/C(C#N)=C/c3ccc4ccccc4c3)n2)cc1. The second-order valence-electron chi connectivity index (χ2n) is 6.07. The van der Waals surface area contributed by atoms with Gasteiger partial charge in [-0.25, -0.2) is 0 Å². The Morgan fingerprint density at radius 3 is 2.54 bits per heavy atom. The number of rotatable bonds is 3. The van der Waals surface area contributed by atoms with E-state index in [0.717, 1.165) is 27.5 Å². The van der Waals surface area contributed by atoms with Crippen molar-refractivity contribution in [3.63, 3.8) is 0 Å². The van der Waals surface area contributed by atoms with Gasteiger partial charge in [0, 0.05) is 5.56 Å². The summed E-state index contributed by atoms with van der Waals surface area (Å²) in [6, 6.07) is 24.1. The molecular formula is C22H15N3O. The minimum Gasteiger partial charge on any atom is -0.333 e. The van der Waals surface area contributed by atoms with Crippen molar-refractivity contribution in [2.75, 3.05) is 0 Å². The summed E-state index contributed by atoms with van der Waals surface area (Å²) in [5.41, 5.74) is 3.27. The van der Waals surface area contributed by atoms with Crippen LogP contribution in [0.1, 0.15) is 17.0 Å². The molecular weight excluding hydrogens is 322 g/mol. The highest BCUT2D eigenvalue weighted by Crippen LogP contribution is 2.23. The maximum Gasteiger partial charge on any atom is 0.268 e. The Balaban J connectivity index is 1.69. The van der Waals surface area contributed by atoms with Crippen LogP contribution in [0.5, 0.6) is 0 Å². The molecule has 0 aliphatic carbocycles. The molecule has 0 radical (unpaired) electrons. The van der Waals surface area contributed by atoms with Gasteiger partial charge < -0.3 is 4.52 Å². The van der Waals surface area contributed by atoms with Crippen LogP contribution >= 0.6 is 0 Å². The molecule has 3 aromatic carbocycles. The lowest BCUT2D eigenvalue weighted by atomic mass is 10.1. The first kappa shape index (κ1) is 15.8. The van der Waals surface area contributed by atoms with Gasteiger partial charge in [0.15, 0.2) is 0 Å². The summed E-state index contributed by atoms with van der Waals surface area (Å²) >= 11 is 0. The number of hydrogen-bond donors (Lipinski definition) is 0. The van der Waals surface area contributed by atoms with Crippen molar-refractivity contribution in [2.45, 2.75) is 6.92 Å². The summed E-state index contributed by atoms with van der Waals surface area (Å²) < 4.78 is 5.31. The van der Waals surface area contributed by atoms with E-state index in [9.17, 15) is 5.26 Å². The third kappa shape index (κ3) is 3.11. The first-order valence-corrected chi connectivity index (χ1v) is 8.25. The average Bonchev–Trinajstić information content (AvgIpc) is 3.16. The lowest BCUT2D eigenvalue weighted by Crippen LogP contribution is -1.84. The molecule has 0 bridgehead atoms. The molecule has 0 atom stereocenters. The van der Waals surface area contributed by atoms with Crippen molar-refractivity contribution in [2.24, 2.45) is 0 Å². The maximum atomic E-state index is 9.52. The van der Waals surface area contributed by atoms with Crippen LogP contribution in [0.4, 0.5) is 0 Å². The van der Waals surface area contributed by atoms with Crippen molar-refractivity contribution in [3.8, 4) is 17.5 Å². The largest absolute Gasteiger partial charge is 0.333 e. The molecule has 0 aliphatic heterocycles. The predicted molar refractivity (Wildman–Crippen MR) is 102 cm³/mol. The quantitative estimate of drug-likeness (QED) is 0.478. The topological polar surface area (TPSA) is 62.7 Å². The summed E-state index contributed by atoms with van der Waals surface area (Å²) in [5.74, 6) is 0.691. The molecule has 0 N–H and O–H groups in total. The Morgan fingerprint density at radius 2 is 1.77 bits per heavy atom. The van der Waals surface area contributed by atoms with Crippen LogP contribution < -0.4 is 0 Å². The molecule has 124 valence electrons. The van der Waals surface area contributed by atoms with Crippen molar-refractivity contribution in [3.05, 3.63) is 83.7 Å². The van der Waals surface area contributed by atoms with Gasteiger partial charge in [-0.1, -0.05) is 71.4 Å². The zero-order valence-corrected chi connectivity index (χ0v) is 14.2. The highest BCUT2D eigenvalue weighted by Gasteiger charge is 2.13. The van der Waals surface area contributed by atoms with E-state index in [0.29, 0.717) is 11.4 Å². The molecule has 0 amide bonds. The van der Waals surface area contributed by atoms with E-state index in [1.54, 1.807) is 6.08 Å². The number of nitrogens with zero attached hydrogens (tertiary/aromatic N) is 3. The second kappa shape index (κ2) is 6.66. The monoisotopic (exact) mass is 337 g/mol. The van der Waals surface area contributed by atoms with Crippen LogP contribution in [0.3, 0.4) is 0 Å². The van der Waals surface area contributed by atoms with Crippen molar-refractivity contribution < 1.29 is 4.52 Å². The summed E-state index contributed by atoms with van der Waals surface area (Å²) in [7, 11) is 0. The summed E-state index contributed by atoms with van der Waals surface area (Å²) in [5, 5.41) is 15.8. The maximum absolute atomic E-state index is 9.52. The Kier molecular flexibility index (Phi) is 4.04. The zero-order valence-electron chi connectivity index (χ0n) is 14.2. The number of aromatic nitrogens is 2. The predicted octanol–water partition coefficient (Wildman–Crippen LogP) is 5.26. The van der Waals surface area contributed by atoms with Gasteiger partial charge in [-0.3, -0.25) is 0 Å². The van der Waals surface area contributed by atoms with Gasteiger partial charge in [0.2, 0.25) is 5.82 Å². The van der Waals surface area contributed by atoms with Gasteiger partial charge in [-0.15, -0.1) is 0 Å². The molecule has 0 fully saturated rings. The van der Waals surface area contributed by atoms with Crippen molar-refractivity contribution in [1.82, 2.24) is 10.1 Å². The molecule has 0 saturated heterocycles. The number of allylic oxidation sites excluding steroid dienone is 1. The van der Waals surface area contributed by atoms with Gasteiger partial charge in [0.25, 0.3) is 5.89 Å². The highest BCUT2D eigenvalue weighted by atomic mass is 16.5. The standard InChI is InChI=1S/C22H15N3O/c1-15-6-9-18(10-7-15)21-24-22(26-25-21)20(14-23)13-16-8-11-17-4-2-3-5-19(17)12-16/h2-13H,1H3/b20-13+. The molecule has 4 aromatic rings. The molecule has 4 heteroatoms. The van der Waals surface area contributed by atoms with Crippen molar-refractivity contribution in [1.29, 1.82) is 5.26 Å². The summed E-state index contributed by atoms with van der Waals surface area (Å²) in [4.78, 5) is 4.37. The number of aryl methyl sites for hydroxylation is 1. The van der Waals surface area contributed by atoms with Gasteiger partial charge in [-0.2, -0.15) is 10.2 Å². The normalized spacial score (nSPS) is 11.5. The molecule has 0 aliphatic rings.